The summed E-state index contributed by atoms with van der Waals surface area (Å²) in [7, 11) is 0. The topological polar surface area (TPSA) is 66.0 Å². The first-order chi connectivity index (χ1) is 13.3. The van der Waals surface area contributed by atoms with E-state index in [9.17, 15) is 9.90 Å². The van der Waals surface area contributed by atoms with Gasteiger partial charge in [0.05, 0.1) is 32.8 Å². The number of rotatable bonds is 0. The van der Waals surface area contributed by atoms with Crippen molar-refractivity contribution in [3.63, 3.8) is 0 Å². The highest BCUT2D eigenvalue weighted by Gasteiger charge is 2.17. The molecule has 0 spiro atoms. The number of benzene rings is 4. The van der Waals surface area contributed by atoms with Crippen molar-refractivity contribution in [1.29, 1.82) is 0 Å². The summed E-state index contributed by atoms with van der Waals surface area (Å²) in [5.41, 5.74) is 2.50. The molecule has 138 valence electrons. The number of aromatic nitrogens is 2. The van der Waals surface area contributed by atoms with Crippen LogP contribution in [0.3, 0.4) is 0 Å². The Morgan fingerprint density at radius 2 is 1.57 bits per heavy atom. The normalized spacial score (nSPS) is 11.9. The van der Waals surface area contributed by atoms with Crippen LogP contribution >= 0.6 is 63.7 Å². The summed E-state index contributed by atoms with van der Waals surface area (Å²) >= 11 is 14.1. The van der Waals surface area contributed by atoms with Crippen molar-refractivity contribution in [1.82, 2.24) is 9.97 Å². The second-order valence-corrected chi connectivity index (χ2v) is 9.87. The molecule has 0 unspecified atom stereocenters. The number of H-pyrrole nitrogens is 1. The number of halogens is 4. The second kappa shape index (κ2) is 6.52. The largest absolute Gasteiger partial charge is 0.507 e. The number of nitrogens with zero attached hydrogens (tertiary/aromatic N) is 1. The Kier molecular flexibility index (Phi) is 4.32. The van der Waals surface area contributed by atoms with Gasteiger partial charge in [-0.05, 0) is 46.3 Å². The van der Waals surface area contributed by atoms with Crippen molar-refractivity contribution in [3.05, 3.63) is 64.5 Å². The van der Waals surface area contributed by atoms with Gasteiger partial charge in [-0.25, -0.2) is 4.98 Å². The summed E-state index contributed by atoms with van der Waals surface area (Å²) in [4.78, 5) is 20.9. The van der Waals surface area contributed by atoms with Crippen molar-refractivity contribution in [2.75, 3.05) is 0 Å². The smallest absolute Gasteiger partial charge is 0.189 e. The maximum Gasteiger partial charge on any atom is 0.189 e. The van der Waals surface area contributed by atoms with Crippen LogP contribution in [0.1, 0.15) is 0 Å². The molecule has 0 amide bonds. The molecule has 0 aliphatic heterocycles. The minimum atomic E-state index is -0.101. The van der Waals surface area contributed by atoms with E-state index in [4.69, 9.17) is 4.98 Å². The van der Waals surface area contributed by atoms with Crippen molar-refractivity contribution < 1.29 is 5.11 Å². The molecular weight excluding hydrogens is 620 g/mol. The first kappa shape index (κ1) is 18.5. The van der Waals surface area contributed by atoms with E-state index in [0.29, 0.717) is 32.8 Å². The molecule has 0 bridgehead atoms. The van der Waals surface area contributed by atoms with Gasteiger partial charge in [0, 0.05) is 34.7 Å². The first-order valence-electron chi connectivity index (χ1n) is 8.10. The number of fused-ring (bicyclic) bond motifs is 6. The van der Waals surface area contributed by atoms with Crippen molar-refractivity contribution in [3.8, 4) is 5.75 Å². The van der Waals surface area contributed by atoms with Crippen molar-refractivity contribution in [2.24, 2.45) is 0 Å². The Morgan fingerprint density at radius 3 is 2.36 bits per heavy atom. The van der Waals surface area contributed by atoms with Crippen LogP contribution in [0.15, 0.2) is 59.1 Å². The van der Waals surface area contributed by atoms with Crippen LogP contribution in [-0.2, 0) is 0 Å². The molecule has 0 saturated heterocycles. The van der Waals surface area contributed by atoms with Gasteiger partial charge < -0.3 is 10.1 Å². The van der Waals surface area contributed by atoms with E-state index >= 15 is 0 Å². The Balaban J connectivity index is 2.09. The Bertz CT molecular complexity index is 1540. The zero-order chi connectivity index (χ0) is 19.7. The van der Waals surface area contributed by atoms with E-state index in [0.717, 1.165) is 28.7 Å². The van der Waals surface area contributed by atoms with Crippen molar-refractivity contribution in [2.45, 2.75) is 0 Å². The zero-order valence-corrected chi connectivity index (χ0v) is 20.1. The minimum absolute atomic E-state index is 0.101. The highest BCUT2D eigenvalue weighted by Crippen LogP contribution is 2.40. The lowest BCUT2D eigenvalue weighted by atomic mass is 10.1. The average molecular weight is 628 g/mol. The van der Waals surface area contributed by atoms with Crippen LogP contribution in [0.5, 0.6) is 5.75 Å². The molecule has 0 atom stereocenters. The quantitative estimate of drug-likeness (QED) is 0.142. The van der Waals surface area contributed by atoms with Gasteiger partial charge in [0.1, 0.15) is 5.75 Å². The lowest BCUT2D eigenvalue weighted by molar-refractivity contribution is 0.482. The third-order valence-corrected chi connectivity index (χ3v) is 7.16. The fourth-order valence-corrected chi connectivity index (χ4v) is 5.45. The molecule has 5 rings (SSSR count). The number of hydrogen-bond acceptors (Lipinski definition) is 3. The highest BCUT2D eigenvalue weighted by molar-refractivity contribution is 9.11. The summed E-state index contributed by atoms with van der Waals surface area (Å²) in [5.74, 6) is 0.143. The molecule has 0 radical (unpaired) electrons. The second-order valence-electron chi connectivity index (χ2n) is 6.39. The van der Waals surface area contributed by atoms with E-state index in [1.54, 1.807) is 18.2 Å². The van der Waals surface area contributed by atoms with Gasteiger partial charge in [-0.1, -0.05) is 47.8 Å². The molecular formula is C20H8Br4N2O2. The van der Waals surface area contributed by atoms with E-state index in [-0.39, 0.29) is 11.2 Å². The zero-order valence-electron chi connectivity index (χ0n) is 13.8. The molecule has 28 heavy (non-hydrogen) atoms. The number of phenolic OH excluding ortho intramolecular Hbond substituents is 1. The molecule has 0 fully saturated rings. The fourth-order valence-electron chi connectivity index (χ4n) is 3.53. The lowest BCUT2D eigenvalue weighted by Gasteiger charge is -2.12. The van der Waals surface area contributed by atoms with E-state index in [1.807, 2.05) is 18.2 Å². The fraction of sp³-hybridized carbons (Fsp3) is 0. The van der Waals surface area contributed by atoms with Gasteiger partial charge in [-0.2, -0.15) is 0 Å². The van der Waals surface area contributed by atoms with Gasteiger partial charge in [0.2, 0.25) is 0 Å². The number of phenols is 1. The number of nitrogens with one attached hydrogen (secondary N) is 1. The van der Waals surface area contributed by atoms with E-state index in [2.05, 4.69) is 68.7 Å². The van der Waals surface area contributed by atoms with Crippen LogP contribution in [0.2, 0.25) is 0 Å². The van der Waals surface area contributed by atoms with Gasteiger partial charge in [0.25, 0.3) is 0 Å². The predicted octanol–water partition coefficient (Wildman–Crippen LogP) is 7.14. The van der Waals surface area contributed by atoms with Crippen LogP contribution < -0.4 is 5.43 Å². The number of aromatic hydroxyl groups is 1. The SMILES string of the molecule is O=c1cc(Br)cc2c(Br)cc3nc4c([nH]c3c12)c(Br)cc1c(Br)ccc(O)c14. The maximum absolute atomic E-state index is 12.7. The Morgan fingerprint density at radius 1 is 0.821 bits per heavy atom. The summed E-state index contributed by atoms with van der Waals surface area (Å²) in [6.45, 7) is 0. The van der Waals surface area contributed by atoms with E-state index < -0.39 is 0 Å². The third kappa shape index (κ3) is 2.65. The summed E-state index contributed by atoms with van der Waals surface area (Å²) in [5, 5.41) is 13.3. The number of hydrogen-bond donors (Lipinski definition) is 2. The van der Waals surface area contributed by atoms with Gasteiger partial charge in [0.15, 0.2) is 5.43 Å². The Hall–Kier alpha value is -1.48. The van der Waals surface area contributed by atoms with Gasteiger partial charge >= 0.3 is 0 Å². The van der Waals surface area contributed by atoms with Crippen LogP contribution in [-0.4, -0.2) is 15.1 Å². The highest BCUT2D eigenvalue weighted by atomic mass is 79.9. The van der Waals surface area contributed by atoms with Crippen LogP contribution in [0.25, 0.3) is 43.6 Å². The summed E-state index contributed by atoms with van der Waals surface area (Å²) in [6.07, 6.45) is 0. The van der Waals surface area contributed by atoms with Gasteiger partial charge in [-0.15, -0.1) is 0 Å². The van der Waals surface area contributed by atoms with Crippen molar-refractivity contribution >= 4 is 107 Å². The summed E-state index contributed by atoms with van der Waals surface area (Å²) < 4.78 is 3.15. The molecule has 4 aromatic carbocycles. The predicted molar refractivity (Wildman–Crippen MR) is 127 cm³/mol. The molecule has 1 heterocycles. The lowest BCUT2D eigenvalue weighted by Crippen LogP contribution is -2.03. The van der Waals surface area contributed by atoms with Crippen LogP contribution in [0, 0.1) is 0 Å². The third-order valence-electron chi connectivity index (χ3n) is 4.73. The standard InChI is InChI=1S/C20H8Br4N2O2/c21-7-3-8-11(23)6-13-19(17(8)15(28)4-7)26-18-12(24)5-9-10(22)1-2-14(27)16(9)20(18)25-13/h1-6,26-27H. The molecule has 1 aromatic heterocycles. The first-order valence-corrected chi connectivity index (χ1v) is 11.3. The summed E-state index contributed by atoms with van der Waals surface area (Å²) in [6, 6.07) is 10.7. The van der Waals surface area contributed by atoms with Gasteiger partial charge in [-0.3, -0.25) is 4.79 Å². The molecule has 5 aromatic rings. The molecule has 0 saturated carbocycles. The monoisotopic (exact) mass is 624 g/mol. The molecule has 4 nitrogen and oxygen atoms in total. The Labute approximate surface area is 191 Å². The molecule has 0 aliphatic carbocycles. The molecule has 8 heteroatoms. The molecule has 2 N–H and O–H groups in total. The number of aromatic amines is 1. The van der Waals surface area contributed by atoms with E-state index in [1.165, 1.54) is 0 Å². The average Bonchev–Trinajstić information content (AvgIpc) is 2.64. The molecule has 0 aliphatic rings. The van der Waals surface area contributed by atoms with Crippen LogP contribution in [0.4, 0.5) is 0 Å². The minimum Gasteiger partial charge on any atom is -0.507 e. The maximum atomic E-state index is 12.7.